The molecule has 3 aromatic rings. The first kappa shape index (κ1) is 20.5. The second kappa shape index (κ2) is 8.96. The Balaban J connectivity index is 1.51. The van der Waals surface area contributed by atoms with Gasteiger partial charge < -0.3 is 29.5 Å². The van der Waals surface area contributed by atoms with Gasteiger partial charge in [-0.05, 0) is 67.9 Å². The summed E-state index contributed by atoms with van der Waals surface area (Å²) < 4.78 is 16.6. The number of nitrogens with one attached hydrogen (secondary N) is 1. The number of rotatable bonds is 7. The van der Waals surface area contributed by atoms with Gasteiger partial charge in [-0.15, -0.1) is 0 Å². The first-order valence-electron chi connectivity index (χ1n) is 11.0. The molecule has 5 rings (SSSR count). The predicted molar refractivity (Wildman–Crippen MR) is 124 cm³/mol. The second-order valence-corrected chi connectivity index (χ2v) is 8.03. The summed E-state index contributed by atoms with van der Waals surface area (Å²) in [6.07, 6.45) is 2.56. The smallest absolute Gasteiger partial charge is 0.231 e. The van der Waals surface area contributed by atoms with E-state index >= 15 is 0 Å². The fourth-order valence-corrected chi connectivity index (χ4v) is 4.27. The standard InChI is InChI=1S/C25H27N3O4/c1-30-23-14-17(7-8-21(23)29)20-13-18(19-5-4-6-22-25(19)32-16-31-22)15-24(27-20)26-9-12-28-10-2-3-11-28/h4-8,13-15,29H,2-3,9-12,16H2,1H3,(H,26,27). The highest BCUT2D eigenvalue weighted by molar-refractivity contribution is 5.80. The van der Waals surface area contributed by atoms with E-state index < -0.39 is 0 Å². The number of likely N-dealkylation sites (tertiary alicyclic amines) is 1. The minimum absolute atomic E-state index is 0.0998. The van der Waals surface area contributed by atoms with E-state index in [0.717, 1.165) is 52.8 Å². The van der Waals surface area contributed by atoms with Gasteiger partial charge in [0.1, 0.15) is 5.82 Å². The van der Waals surface area contributed by atoms with E-state index in [4.69, 9.17) is 19.2 Å². The molecule has 166 valence electrons. The zero-order valence-electron chi connectivity index (χ0n) is 18.1. The van der Waals surface area contributed by atoms with Crippen molar-refractivity contribution < 1.29 is 19.3 Å². The van der Waals surface area contributed by atoms with Crippen molar-refractivity contribution in [1.29, 1.82) is 0 Å². The van der Waals surface area contributed by atoms with Crippen LogP contribution in [0, 0.1) is 0 Å². The number of fused-ring (bicyclic) bond motifs is 1. The van der Waals surface area contributed by atoms with Crippen molar-refractivity contribution in [3.8, 4) is 45.4 Å². The van der Waals surface area contributed by atoms with Crippen LogP contribution in [0.25, 0.3) is 22.4 Å². The SMILES string of the molecule is COc1cc(-c2cc(-c3cccc4c3OCO4)cc(NCCN3CCCC3)n2)ccc1O. The van der Waals surface area contributed by atoms with Crippen LogP contribution in [-0.4, -0.2) is 55.1 Å². The quantitative estimate of drug-likeness (QED) is 0.573. The Morgan fingerprint density at radius 3 is 2.78 bits per heavy atom. The van der Waals surface area contributed by atoms with Crippen molar-refractivity contribution in [2.75, 3.05) is 45.4 Å². The predicted octanol–water partition coefficient (Wildman–Crippen LogP) is 4.37. The van der Waals surface area contributed by atoms with Gasteiger partial charge in [0.25, 0.3) is 0 Å². The van der Waals surface area contributed by atoms with Crippen LogP contribution in [0.5, 0.6) is 23.0 Å². The Bertz CT molecular complexity index is 1110. The molecule has 0 unspecified atom stereocenters. The maximum absolute atomic E-state index is 10.0. The molecule has 0 radical (unpaired) electrons. The van der Waals surface area contributed by atoms with Gasteiger partial charge in [0, 0.05) is 24.2 Å². The lowest BCUT2D eigenvalue weighted by Gasteiger charge is -2.16. The molecule has 1 aromatic heterocycles. The lowest BCUT2D eigenvalue weighted by Crippen LogP contribution is -2.26. The zero-order valence-corrected chi connectivity index (χ0v) is 18.1. The number of benzene rings is 2. The number of hydrogen-bond donors (Lipinski definition) is 2. The summed E-state index contributed by atoms with van der Waals surface area (Å²) in [6.45, 7) is 4.37. The molecule has 2 aromatic carbocycles. The number of methoxy groups -OCH3 is 1. The number of nitrogens with zero attached hydrogens (tertiary/aromatic N) is 2. The highest BCUT2D eigenvalue weighted by atomic mass is 16.7. The number of ether oxygens (including phenoxy) is 3. The van der Waals surface area contributed by atoms with Gasteiger partial charge in [-0.3, -0.25) is 0 Å². The molecule has 7 heteroatoms. The molecule has 0 atom stereocenters. The third kappa shape index (κ3) is 4.16. The average Bonchev–Trinajstić information content (AvgIpc) is 3.51. The van der Waals surface area contributed by atoms with Crippen LogP contribution in [0.3, 0.4) is 0 Å². The van der Waals surface area contributed by atoms with Crippen molar-refractivity contribution in [3.05, 3.63) is 48.5 Å². The lowest BCUT2D eigenvalue weighted by molar-refractivity contribution is 0.174. The number of hydrogen-bond acceptors (Lipinski definition) is 7. The van der Waals surface area contributed by atoms with E-state index in [-0.39, 0.29) is 12.5 Å². The average molecular weight is 434 g/mol. The van der Waals surface area contributed by atoms with E-state index in [1.807, 2.05) is 36.4 Å². The topological polar surface area (TPSA) is 76.1 Å². The molecule has 0 amide bonds. The van der Waals surface area contributed by atoms with E-state index in [1.165, 1.54) is 25.9 Å². The van der Waals surface area contributed by atoms with Gasteiger partial charge in [0.15, 0.2) is 23.0 Å². The molecule has 1 saturated heterocycles. The van der Waals surface area contributed by atoms with Gasteiger partial charge in [0.2, 0.25) is 6.79 Å². The molecule has 7 nitrogen and oxygen atoms in total. The van der Waals surface area contributed by atoms with Crippen LogP contribution in [0.15, 0.2) is 48.5 Å². The lowest BCUT2D eigenvalue weighted by atomic mass is 10.0. The van der Waals surface area contributed by atoms with Crippen LogP contribution in [-0.2, 0) is 0 Å². The minimum atomic E-state index is 0.0998. The van der Waals surface area contributed by atoms with E-state index in [9.17, 15) is 5.11 Å². The highest BCUT2D eigenvalue weighted by Crippen LogP contribution is 2.42. The fraction of sp³-hybridized carbons (Fsp3) is 0.320. The zero-order chi connectivity index (χ0) is 21.9. The minimum Gasteiger partial charge on any atom is -0.504 e. The van der Waals surface area contributed by atoms with Crippen LogP contribution >= 0.6 is 0 Å². The van der Waals surface area contributed by atoms with Crippen LogP contribution in [0.2, 0.25) is 0 Å². The van der Waals surface area contributed by atoms with Gasteiger partial charge >= 0.3 is 0 Å². The number of pyridine rings is 1. The first-order chi connectivity index (χ1) is 15.7. The molecule has 32 heavy (non-hydrogen) atoms. The van der Waals surface area contributed by atoms with Crippen LogP contribution < -0.4 is 19.5 Å². The maximum Gasteiger partial charge on any atom is 0.231 e. The molecule has 2 aliphatic heterocycles. The molecule has 0 spiro atoms. The molecule has 2 N–H and O–H groups in total. The van der Waals surface area contributed by atoms with E-state index in [0.29, 0.717) is 5.75 Å². The second-order valence-electron chi connectivity index (χ2n) is 8.03. The molecule has 0 aliphatic carbocycles. The summed E-state index contributed by atoms with van der Waals surface area (Å²) in [5.74, 6) is 2.80. The molecular weight excluding hydrogens is 406 g/mol. The molecule has 0 saturated carbocycles. The Morgan fingerprint density at radius 1 is 1.06 bits per heavy atom. The Labute approximate surface area is 187 Å². The normalized spacial score (nSPS) is 15.2. The van der Waals surface area contributed by atoms with Gasteiger partial charge in [-0.2, -0.15) is 0 Å². The summed E-state index contributed by atoms with van der Waals surface area (Å²) in [7, 11) is 1.54. The van der Waals surface area contributed by atoms with Crippen molar-refractivity contribution in [3.63, 3.8) is 0 Å². The number of aromatic hydroxyl groups is 1. The largest absolute Gasteiger partial charge is 0.504 e. The van der Waals surface area contributed by atoms with Crippen LogP contribution in [0.1, 0.15) is 12.8 Å². The number of phenols is 1. The Kier molecular flexibility index (Phi) is 5.73. The Morgan fingerprint density at radius 2 is 1.94 bits per heavy atom. The molecule has 2 aliphatic rings. The van der Waals surface area contributed by atoms with Crippen LogP contribution in [0.4, 0.5) is 5.82 Å². The number of phenolic OH excluding ortho intramolecular Hbond substituents is 1. The summed E-state index contributed by atoms with van der Waals surface area (Å²) >= 11 is 0. The van der Waals surface area contributed by atoms with Crippen molar-refractivity contribution in [1.82, 2.24) is 9.88 Å². The maximum atomic E-state index is 10.0. The van der Waals surface area contributed by atoms with Gasteiger partial charge in [0.05, 0.1) is 12.8 Å². The monoisotopic (exact) mass is 433 g/mol. The fourth-order valence-electron chi connectivity index (χ4n) is 4.27. The van der Waals surface area contributed by atoms with Gasteiger partial charge in [-0.1, -0.05) is 12.1 Å². The number of anilines is 1. The van der Waals surface area contributed by atoms with Crippen molar-refractivity contribution >= 4 is 5.82 Å². The molecular formula is C25H27N3O4. The highest BCUT2D eigenvalue weighted by Gasteiger charge is 2.20. The third-order valence-electron chi connectivity index (χ3n) is 5.94. The first-order valence-corrected chi connectivity index (χ1v) is 11.0. The summed E-state index contributed by atoms with van der Waals surface area (Å²) in [5, 5.41) is 13.5. The van der Waals surface area contributed by atoms with Crippen molar-refractivity contribution in [2.45, 2.75) is 12.8 Å². The van der Waals surface area contributed by atoms with E-state index in [1.54, 1.807) is 19.2 Å². The van der Waals surface area contributed by atoms with E-state index in [2.05, 4.69) is 10.2 Å². The summed E-state index contributed by atoms with van der Waals surface area (Å²) in [6, 6.07) is 15.2. The van der Waals surface area contributed by atoms with Crippen molar-refractivity contribution in [2.24, 2.45) is 0 Å². The number of aromatic nitrogens is 1. The molecule has 1 fully saturated rings. The Hall–Kier alpha value is -3.45. The molecule has 3 heterocycles. The van der Waals surface area contributed by atoms with Gasteiger partial charge in [-0.25, -0.2) is 4.98 Å². The third-order valence-corrected chi connectivity index (χ3v) is 5.94. The molecule has 0 bridgehead atoms. The number of para-hydroxylation sites is 1. The summed E-state index contributed by atoms with van der Waals surface area (Å²) in [5.41, 5.74) is 3.57. The summed E-state index contributed by atoms with van der Waals surface area (Å²) in [4.78, 5) is 7.32.